The summed E-state index contributed by atoms with van der Waals surface area (Å²) in [5.41, 5.74) is 0. The van der Waals surface area contributed by atoms with E-state index in [0.29, 0.717) is 19.8 Å². The lowest BCUT2D eigenvalue weighted by molar-refractivity contribution is 0.0708. The van der Waals surface area contributed by atoms with Gasteiger partial charge < -0.3 is 13.3 Å². The van der Waals surface area contributed by atoms with E-state index in [1.807, 2.05) is 27.0 Å². The zero-order valence-electron chi connectivity index (χ0n) is 13.9. The molecule has 22 heavy (non-hydrogen) atoms. The van der Waals surface area contributed by atoms with E-state index in [9.17, 15) is 0 Å². The second-order valence-electron chi connectivity index (χ2n) is 4.41. The molecule has 0 fully saturated rings. The Balaban J connectivity index is 2.32. The van der Waals surface area contributed by atoms with E-state index in [1.165, 1.54) is 0 Å². The molecule has 128 valence electrons. The summed E-state index contributed by atoms with van der Waals surface area (Å²) in [7, 11) is -2.47. The van der Waals surface area contributed by atoms with Gasteiger partial charge in [-0.3, -0.25) is 5.10 Å². The lowest BCUT2D eigenvalue weighted by Crippen LogP contribution is -2.45. The number of aromatic nitrogens is 3. The van der Waals surface area contributed by atoms with Crippen LogP contribution < -0.4 is 0 Å². The van der Waals surface area contributed by atoms with Crippen LogP contribution in [-0.4, -0.2) is 55.8 Å². The van der Waals surface area contributed by atoms with Crippen molar-refractivity contribution >= 4 is 32.3 Å². The van der Waals surface area contributed by atoms with Crippen molar-refractivity contribution in [3.63, 3.8) is 0 Å². The van der Waals surface area contributed by atoms with Crippen molar-refractivity contribution in [1.29, 1.82) is 0 Å². The van der Waals surface area contributed by atoms with Crippen LogP contribution in [-0.2, 0) is 13.3 Å². The van der Waals surface area contributed by atoms with Gasteiger partial charge in [-0.05, 0) is 39.9 Å². The number of nitrogens with zero attached hydrogens (tertiary/aromatic N) is 2. The number of aromatic amines is 1. The van der Waals surface area contributed by atoms with Crippen LogP contribution >= 0.6 is 23.5 Å². The SMILES string of the molecule is CCO[Si](CCCCSc1nc(SC)n[nH]1)(OCC)OCC. The van der Waals surface area contributed by atoms with E-state index < -0.39 is 8.80 Å². The molecule has 1 heterocycles. The van der Waals surface area contributed by atoms with E-state index in [2.05, 4.69) is 15.2 Å². The molecule has 0 amide bonds. The summed E-state index contributed by atoms with van der Waals surface area (Å²) in [6.07, 6.45) is 4.07. The number of hydrogen-bond acceptors (Lipinski definition) is 7. The molecule has 0 atom stereocenters. The fraction of sp³-hybridized carbons (Fsp3) is 0.846. The Labute approximate surface area is 142 Å². The first-order valence-electron chi connectivity index (χ1n) is 7.70. The third-order valence-corrected chi connectivity index (χ3v) is 7.48. The second kappa shape index (κ2) is 11.5. The van der Waals surface area contributed by atoms with Gasteiger partial charge in [0.2, 0.25) is 5.16 Å². The average molecular weight is 366 g/mol. The van der Waals surface area contributed by atoms with Crippen molar-refractivity contribution in [2.75, 3.05) is 31.8 Å². The first-order chi connectivity index (χ1) is 10.7. The van der Waals surface area contributed by atoms with Crippen molar-refractivity contribution in [3.05, 3.63) is 0 Å². The summed E-state index contributed by atoms with van der Waals surface area (Å²) in [5, 5.41) is 8.71. The first kappa shape index (κ1) is 20.0. The Morgan fingerprint density at radius 2 is 1.68 bits per heavy atom. The van der Waals surface area contributed by atoms with Crippen LogP contribution in [0, 0.1) is 0 Å². The third-order valence-electron chi connectivity index (χ3n) is 2.84. The highest BCUT2D eigenvalue weighted by molar-refractivity contribution is 7.99. The molecule has 0 bridgehead atoms. The van der Waals surface area contributed by atoms with E-state index in [-0.39, 0.29) is 0 Å². The lowest BCUT2D eigenvalue weighted by atomic mass is 10.4. The quantitative estimate of drug-likeness (QED) is 0.326. The Bertz CT molecular complexity index is 393. The van der Waals surface area contributed by atoms with E-state index in [0.717, 1.165) is 35.0 Å². The summed E-state index contributed by atoms with van der Waals surface area (Å²) in [6, 6.07) is 0.871. The summed E-state index contributed by atoms with van der Waals surface area (Å²) in [5.74, 6) is 0.998. The summed E-state index contributed by atoms with van der Waals surface area (Å²) in [6.45, 7) is 7.87. The number of unbranched alkanes of at least 4 members (excludes halogenated alkanes) is 1. The van der Waals surface area contributed by atoms with E-state index >= 15 is 0 Å². The zero-order chi connectivity index (χ0) is 16.3. The minimum Gasteiger partial charge on any atom is -0.374 e. The second-order valence-corrected chi connectivity index (χ2v) is 9.00. The molecule has 0 saturated carbocycles. The van der Waals surface area contributed by atoms with Gasteiger partial charge in [-0.2, -0.15) is 4.98 Å². The number of thioether (sulfide) groups is 2. The van der Waals surface area contributed by atoms with Gasteiger partial charge >= 0.3 is 8.80 Å². The standard InChI is InChI=1S/C13H27N3O3S2Si/c1-5-17-22(18-6-2,19-7-3)11-9-8-10-21-13-14-12(20-4)15-16-13/h5-11H2,1-4H3,(H,14,15,16). The molecule has 0 radical (unpaired) electrons. The molecule has 0 aliphatic carbocycles. The van der Waals surface area contributed by atoms with Crippen molar-refractivity contribution in [3.8, 4) is 0 Å². The molecule has 0 aromatic carbocycles. The van der Waals surface area contributed by atoms with Crippen LogP contribution in [0.3, 0.4) is 0 Å². The molecule has 9 heteroatoms. The maximum Gasteiger partial charge on any atom is 0.500 e. The molecule has 0 aliphatic rings. The van der Waals surface area contributed by atoms with Gasteiger partial charge in [0.15, 0.2) is 5.16 Å². The number of rotatable bonds is 13. The molecule has 1 N–H and O–H groups in total. The summed E-state index contributed by atoms with van der Waals surface area (Å²) in [4.78, 5) is 4.36. The smallest absolute Gasteiger partial charge is 0.374 e. The normalized spacial score (nSPS) is 12.0. The molecule has 1 aromatic rings. The predicted molar refractivity (Wildman–Crippen MR) is 93.6 cm³/mol. The van der Waals surface area contributed by atoms with Crippen LogP contribution in [0.25, 0.3) is 0 Å². The van der Waals surface area contributed by atoms with Crippen molar-refractivity contribution in [1.82, 2.24) is 15.2 Å². The van der Waals surface area contributed by atoms with Crippen molar-refractivity contribution in [2.24, 2.45) is 0 Å². The van der Waals surface area contributed by atoms with Gasteiger partial charge in [0.05, 0.1) is 0 Å². The number of nitrogens with one attached hydrogen (secondary N) is 1. The molecule has 0 unspecified atom stereocenters. The molecular weight excluding hydrogens is 338 g/mol. The van der Waals surface area contributed by atoms with Crippen molar-refractivity contribution in [2.45, 2.75) is 50.0 Å². The highest BCUT2D eigenvalue weighted by atomic mass is 32.2. The maximum atomic E-state index is 5.85. The monoisotopic (exact) mass is 365 g/mol. The van der Waals surface area contributed by atoms with Crippen LogP contribution in [0.15, 0.2) is 10.3 Å². The third kappa shape index (κ3) is 7.01. The van der Waals surface area contributed by atoms with Gasteiger partial charge in [0, 0.05) is 31.6 Å². The Hall–Kier alpha value is -0.0631. The minimum atomic E-state index is -2.47. The first-order valence-corrected chi connectivity index (χ1v) is 11.8. The van der Waals surface area contributed by atoms with Crippen LogP contribution in [0.2, 0.25) is 6.04 Å². The Morgan fingerprint density at radius 1 is 1.05 bits per heavy atom. The molecule has 0 saturated heterocycles. The van der Waals surface area contributed by atoms with E-state index in [4.69, 9.17) is 13.3 Å². The van der Waals surface area contributed by atoms with Gasteiger partial charge in [0.1, 0.15) is 0 Å². The van der Waals surface area contributed by atoms with Gasteiger partial charge in [-0.15, -0.1) is 5.10 Å². The molecular formula is C13H27N3O3S2Si. The van der Waals surface area contributed by atoms with Gasteiger partial charge in [-0.25, -0.2) is 0 Å². The van der Waals surface area contributed by atoms with Gasteiger partial charge in [-0.1, -0.05) is 23.5 Å². The number of hydrogen-bond donors (Lipinski definition) is 1. The Morgan fingerprint density at radius 3 is 2.18 bits per heavy atom. The largest absolute Gasteiger partial charge is 0.500 e. The fourth-order valence-electron chi connectivity index (χ4n) is 2.00. The highest BCUT2D eigenvalue weighted by Crippen LogP contribution is 2.22. The summed E-state index contributed by atoms with van der Waals surface area (Å²) < 4.78 is 17.5. The van der Waals surface area contributed by atoms with Crippen molar-refractivity contribution < 1.29 is 13.3 Å². The minimum absolute atomic E-state index is 0.635. The van der Waals surface area contributed by atoms with Gasteiger partial charge in [0.25, 0.3) is 0 Å². The highest BCUT2D eigenvalue weighted by Gasteiger charge is 2.39. The molecule has 0 aliphatic heterocycles. The topological polar surface area (TPSA) is 69.3 Å². The predicted octanol–water partition coefficient (Wildman–Crippen LogP) is 3.45. The lowest BCUT2D eigenvalue weighted by Gasteiger charge is -2.28. The molecule has 1 rings (SSSR count). The number of H-pyrrole nitrogens is 1. The fourth-order valence-corrected chi connectivity index (χ4v) is 5.87. The van der Waals surface area contributed by atoms with Crippen LogP contribution in [0.4, 0.5) is 0 Å². The molecule has 6 nitrogen and oxygen atoms in total. The molecule has 0 spiro atoms. The average Bonchev–Trinajstić information content (AvgIpc) is 2.96. The van der Waals surface area contributed by atoms with Crippen LogP contribution in [0.5, 0.6) is 0 Å². The van der Waals surface area contributed by atoms with Crippen LogP contribution in [0.1, 0.15) is 33.6 Å². The molecule has 1 aromatic heterocycles. The zero-order valence-corrected chi connectivity index (χ0v) is 16.5. The maximum absolute atomic E-state index is 5.85. The Kier molecular flexibility index (Phi) is 10.4. The van der Waals surface area contributed by atoms with E-state index in [1.54, 1.807) is 23.5 Å². The summed E-state index contributed by atoms with van der Waals surface area (Å²) >= 11 is 3.24.